The predicted octanol–water partition coefficient (Wildman–Crippen LogP) is 2.54. The van der Waals surface area contributed by atoms with Crippen LogP contribution in [0.3, 0.4) is 0 Å². The second kappa shape index (κ2) is 6.63. The molecule has 3 rings (SSSR count). The average molecular weight is 295 g/mol. The molecular weight excluding hydrogens is 274 g/mol. The van der Waals surface area contributed by atoms with Crippen LogP contribution >= 0.6 is 11.5 Å². The number of hydrogen-bond donors (Lipinski definition) is 1. The van der Waals surface area contributed by atoms with Crippen molar-refractivity contribution in [2.24, 2.45) is 0 Å². The van der Waals surface area contributed by atoms with Gasteiger partial charge in [0.25, 0.3) is 5.91 Å². The molecule has 20 heavy (non-hydrogen) atoms. The maximum absolute atomic E-state index is 12.1. The number of carbonyl (C=O) groups excluding carboxylic acids is 1. The Kier molecular flexibility index (Phi) is 4.62. The van der Waals surface area contributed by atoms with E-state index < -0.39 is 0 Å². The fourth-order valence-corrected chi connectivity index (χ4v) is 3.64. The Morgan fingerprint density at radius 3 is 2.70 bits per heavy atom. The molecule has 0 unspecified atom stereocenters. The van der Waals surface area contributed by atoms with Crippen molar-refractivity contribution in [3.8, 4) is 0 Å². The highest BCUT2D eigenvalue weighted by atomic mass is 32.1. The molecule has 2 aliphatic rings. The van der Waals surface area contributed by atoms with E-state index in [0.29, 0.717) is 11.8 Å². The summed E-state index contributed by atoms with van der Waals surface area (Å²) in [5.74, 6) is -0.120. The molecule has 0 bridgehead atoms. The van der Waals surface area contributed by atoms with E-state index in [1.165, 1.54) is 43.6 Å². The number of nitrogens with zero attached hydrogens (tertiary/aromatic N) is 2. The lowest BCUT2D eigenvalue weighted by Gasteiger charge is -2.33. The van der Waals surface area contributed by atoms with Gasteiger partial charge in [0, 0.05) is 5.38 Å². The largest absolute Gasteiger partial charge is 0.373 e. The van der Waals surface area contributed by atoms with Crippen molar-refractivity contribution in [3.63, 3.8) is 0 Å². The summed E-state index contributed by atoms with van der Waals surface area (Å²) in [5, 5.41) is 8.60. The van der Waals surface area contributed by atoms with E-state index in [9.17, 15) is 4.79 Å². The summed E-state index contributed by atoms with van der Waals surface area (Å²) in [6, 6.07) is 0.124. The predicted molar refractivity (Wildman–Crippen MR) is 76.8 cm³/mol. The Labute approximate surface area is 123 Å². The molecule has 1 aromatic heterocycles. The quantitative estimate of drug-likeness (QED) is 0.927. The van der Waals surface area contributed by atoms with Crippen LogP contribution in [0.1, 0.15) is 61.9 Å². The van der Waals surface area contributed by atoms with Gasteiger partial charge in [0.2, 0.25) is 0 Å². The minimum atomic E-state index is -0.120. The Morgan fingerprint density at radius 2 is 1.95 bits per heavy atom. The minimum Gasteiger partial charge on any atom is -0.373 e. The third-order valence-corrected chi connectivity index (χ3v) is 4.79. The van der Waals surface area contributed by atoms with Crippen molar-refractivity contribution in [1.82, 2.24) is 14.9 Å². The van der Waals surface area contributed by atoms with Crippen molar-refractivity contribution in [1.29, 1.82) is 0 Å². The molecule has 5 nitrogen and oxygen atoms in total. The Hall–Kier alpha value is -1.01. The zero-order valence-corrected chi connectivity index (χ0v) is 12.4. The molecule has 0 spiro atoms. The summed E-state index contributed by atoms with van der Waals surface area (Å²) < 4.78 is 9.97. The molecule has 1 aromatic rings. The lowest BCUT2D eigenvalue weighted by molar-refractivity contribution is -0.0419. The highest BCUT2D eigenvalue weighted by Crippen LogP contribution is 2.28. The van der Waals surface area contributed by atoms with Gasteiger partial charge in [-0.25, -0.2) is 0 Å². The van der Waals surface area contributed by atoms with Crippen molar-refractivity contribution in [2.75, 3.05) is 0 Å². The second-order valence-electron chi connectivity index (χ2n) is 5.74. The van der Waals surface area contributed by atoms with Crippen LogP contribution in [0.4, 0.5) is 0 Å². The lowest BCUT2D eigenvalue weighted by atomic mass is 9.92. The van der Waals surface area contributed by atoms with E-state index in [2.05, 4.69) is 14.9 Å². The highest BCUT2D eigenvalue weighted by Gasteiger charge is 2.31. The number of amides is 1. The van der Waals surface area contributed by atoms with Gasteiger partial charge in [-0.15, -0.1) is 5.10 Å². The maximum Gasteiger partial charge on any atom is 0.273 e. The third-order valence-electron chi connectivity index (χ3n) is 4.28. The van der Waals surface area contributed by atoms with Gasteiger partial charge < -0.3 is 10.1 Å². The van der Waals surface area contributed by atoms with Gasteiger partial charge in [0.15, 0.2) is 5.69 Å². The number of nitrogens with one attached hydrogen (secondary N) is 1. The van der Waals surface area contributed by atoms with Gasteiger partial charge in [-0.3, -0.25) is 4.79 Å². The van der Waals surface area contributed by atoms with E-state index in [4.69, 9.17) is 4.74 Å². The average Bonchev–Trinajstić information content (AvgIpc) is 3.13. The second-order valence-corrected chi connectivity index (χ2v) is 6.35. The van der Waals surface area contributed by atoms with Crippen LogP contribution in [-0.4, -0.2) is 33.7 Å². The molecule has 0 saturated heterocycles. The maximum atomic E-state index is 12.1. The SMILES string of the molecule is O=C(N[C@H]1CCCC[C@H]1OC1CCCC1)c1csnn1. The standard InChI is InChI=1S/C14H21N3O2S/c18-14(12-9-20-17-16-12)15-11-7-3-4-8-13(11)19-10-5-1-2-6-10/h9-11,13H,1-8H2,(H,15,18)/t11-,13+/m0/s1. The van der Waals surface area contributed by atoms with Crippen molar-refractivity contribution in [3.05, 3.63) is 11.1 Å². The molecule has 0 aliphatic heterocycles. The highest BCUT2D eigenvalue weighted by molar-refractivity contribution is 7.03. The number of aromatic nitrogens is 2. The van der Waals surface area contributed by atoms with Gasteiger partial charge in [-0.2, -0.15) is 0 Å². The smallest absolute Gasteiger partial charge is 0.273 e. The molecule has 2 aliphatic carbocycles. The number of carbonyl (C=O) groups is 1. The fourth-order valence-electron chi connectivity index (χ4n) is 3.20. The molecule has 2 atom stereocenters. The molecule has 2 fully saturated rings. The molecule has 1 amide bonds. The summed E-state index contributed by atoms with van der Waals surface area (Å²) in [6.45, 7) is 0. The van der Waals surface area contributed by atoms with E-state index >= 15 is 0 Å². The van der Waals surface area contributed by atoms with Crippen LogP contribution in [0.15, 0.2) is 5.38 Å². The summed E-state index contributed by atoms with van der Waals surface area (Å²) in [4.78, 5) is 12.1. The van der Waals surface area contributed by atoms with Gasteiger partial charge in [-0.1, -0.05) is 30.2 Å². The number of rotatable bonds is 4. The van der Waals surface area contributed by atoms with Crippen molar-refractivity contribution >= 4 is 17.4 Å². The zero-order chi connectivity index (χ0) is 13.8. The molecule has 2 saturated carbocycles. The minimum absolute atomic E-state index is 0.120. The molecular formula is C14H21N3O2S. The van der Waals surface area contributed by atoms with E-state index in [1.54, 1.807) is 5.38 Å². The van der Waals surface area contributed by atoms with Gasteiger partial charge in [0.05, 0.1) is 18.2 Å². The van der Waals surface area contributed by atoms with Crippen LogP contribution in [-0.2, 0) is 4.74 Å². The van der Waals surface area contributed by atoms with Crippen LogP contribution in [0, 0.1) is 0 Å². The third kappa shape index (κ3) is 3.35. The topological polar surface area (TPSA) is 64.1 Å². The number of ether oxygens (including phenoxy) is 1. The first kappa shape index (κ1) is 13.9. The molecule has 1 N–H and O–H groups in total. The molecule has 0 radical (unpaired) electrons. The normalized spacial score (nSPS) is 27.6. The van der Waals surface area contributed by atoms with Crippen LogP contribution in [0.5, 0.6) is 0 Å². The van der Waals surface area contributed by atoms with Gasteiger partial charge in [-0.05, 0) is 37.2 Å². The first-order valence-corrected chi connectivity index (χ1v) is 8.40. The van der Waals surface area contributed by atoms with Gasteiger partial charge in [0.1, 0.15) is 0 Å². The molecule has 1 heterocycles. The zero-order valence-electron chi connectivity index (χ0n) is 11.6. The molecule has 6 heteroatoms. The molecule has 0 aromatic carbocycles. The Morgan fingerprint density at radius 1 is 1.20 bits per heavy atom. The number of hydrogen-bond acceptors (Lipinski definition) is 5. The summed E-state index contributed by atoms with van der Waals surface area (Å²) in [7, 11) is 0. The van der Waals surface area contributed by atoms with Crippen LogP contribution < -0.4 is 5.32 Å². The van der Waals surface area contributed by atoms with Crippen molar-refractivity contribution in [2.45, 2.75) is 69.6 Å². The van der Waals surface area contributed by atoms with E-state index in [1.807, 2.05) is 0 Å². The van der Waals surface area contributed by atoms with Crippen LogP contribution in [0.25, 0.3) is 0 Å². The molecule has 110 valence electrons. The summed E-state index contributed by atoms with van der Waals surface area (Å²) in [6.07, 6.45) is 9.88. The summed E-state index contributed by atoms with van der Waals surface area (Å²) >= 11 is 1.20. The van der Waals surface area contributed by atoms with E-state index in [0.717, 1.165) is 19.3 Å². The first-order chi connectivity index (χ1) is 9.83. The summed E-state index contributed by atoms with van der Waals surface area (Å²) in [5.41, 5.74) is 0.417. The van der Waals surface area contributed by atoms with Crippen molar-refractivity contribution < 1.29 is 9.53 Å². The first-order valence-electron chi connectivity index (χ1n) is 7.56. The van der Waals surface area contributed by atoms with Crippen LogP contribution in [0.2, 0.25) is 0 Å². The fraction of sp³-hybridized carbons (Fsp3) is 0.786. The Bertz CT molecular complexity index is 432. The van der Waals surface area contributed by atoms with E-state index in [-0.39, 0.29) is 18.1 Å². The van der Waals surface area contributed by atoms with Gasteiger partial charge >= 0.3 is 0 Å². The Balaban J connectivity index is 1.58. The lowest BCUT2D eigenvalue weighted by Crippen LogP contribution is -2.47. The monoisotopic (exact) mass is 295 g/mol.